The van der Waals surface area contributed by atoms with Gasteiger partial charge in [0.2, 0.25) is 0 Å². The molecule has 2 aromatic rings. The largest absolute Gasteiger partial charge is 0.497 e. The molecule has 2 aromatic carbocycles. The van der Waals surface area contributed by atoms with Crippen molar-refractivity contribution in [2.75, 3.05) is 7.11 Å². The molecular formula is C15H15O2. The van der Waals surface area contributed by atoms with Crippen molar-refractivity contribution in [1.29, 1.82) is 0 Å². The van der Waals surface area contributed by atoms with Crippen LogP contribution in [0.2, 0.25) is 0 Å². The Kier molecular flexibility index (Phi) is 3.66. The molecule has 87 valence electrons. The Labute approximate surface area is 102 Å². The maximum atomic E-state index is 5.66. The van der Waals surface area contributed by atoms with Crippen LogP contribution >= 0.6 is 0 Å². The van der Waals surface area contributed by atoms with Crippen molar-refractivity contribution in [2.45, 2.75) is 13.5 Å². The minimum absolute atomic E-state index is 0.531. The monoisotopic (exact) mass is 227 g/mol. The van der Waals surface area contributed by atoms with Crippen LogP contribution < -0.4 is 9.47 Å². The normalized spacial score (nSPS) is 10.0. The van der Waals surface area contributed by atoms with Gasteiger partial charge in [0.25, 0.3) is 0 Å². The molecule has 0 fully saturated rings. The number of hydrogen-bond donors (Lipinski definition) is 0. The molecule has 0 saturated heterocycles. The quantitative estimate of drug-likeness (QED) is 0.797. The first-order valence-corrected chi connectivity index (χ1v) is 5.52. The molecule has 17 heavy (non-hydrogen) atoms. The van der Waals surface area contributed by atoms with Crippen LogP contribution in [0, 0.1) is 13.0 Å². The van der Waals surface area contributed by atoms with Gasteiger partial charge in [0.05, 0.1) is 7.11 Å². The van der Waals surface area contributed by atoms with Crippen LogP contribution in [-0.2, 0) is 6.61 Å². The SMILES string of the molecule is COc1ccc(C)c(COc2[c]cccc2)c1. The summed E-state index contributed by atoms with van der Waals surface area (Å²) in [7, 11) is 1.67. The Morgan fingerprint density at radius 2 is 2.06 bits per heavy atom. The lowest BCUT2D eigenvalue weighted by Gasteiger charge is -2.10. The summed E-state index contributed by atoms with van der Waals surface area (Å²) in [5.74, 6) is 1.61. The molecule has 0 aromatic heterocycles. The van der Waals surface area contributed by atoms with Gasteiger partial charge in [-0.1, -0.05) is 24.3 Å². The number of rotatable bonds is 4. The highest BCUT2D eigenvalue weighted by molar-refractivity contribution is 5.35. The van der Waals surface area contributed by atoms with Crippen molar-refractivity contribution in [3.05, 3.63) is 59.7 Å². The lowest BCUT2D eigenvalue weighted by atomic mass is 10.1. The fraction of sp³-hybridized carbons (Fsp3) is 0.200. The smallest absolute Gasteiger partial charge is 0.127 e. The molecule has 0 bridgehead atoms. The van der Waals surface area contributed by atoms with Gasteiger partial charge in [0.15, 0.2) is 0 Å². The lowest BCUT2D eigenvalue weighted by molar-refractivity contribution is 0.303. The van der Waals surface area contributed by atoms with Gasteiger partial charge >= 0.3 is 0 Å². The Hall–Kier alpha value is -1.96. The van der Waals surface area contributed by atoms with Gasteiger partial charge in [-0.2, -0.15) is 0 Å². The summed E-state index contributed by atoms with van der Waals surface area (Å²) < 4.78 is 10.9. The third kappa shape index (κ3) is 3.00. The van der Waals surface area contributed by atoms with Gasteiger partial charge < -0.3 is 9.47 Å². The summed E-state index contributed by atoms with van der Waals surface area (Å²) >= 11 is 0. The van der Waals surface area contributed by atoms with Crippen LogP contribution in [0.5, 0.6) is 11.5 Å². The first-order chi connectivity index (χ1) is 8.29. The maximum Gasteiger partial charge on any atom is 0.127 e. The molecule has 2 rings (SSSR count). The van der Waals surface area contributed by atoms with Crippen molar-refractivity contribution in [3.8, 4) is 11.5 Å². The molecule has 0 aliphatic rings. The summed E-state index contributed by atoms with van der Waals surface area (Å²) in [6.07, 6.45) is 0. The fourth-order valence-corrected chi connectivity index (χ4v) is 1.55. The first kappa shape index (κ1) is 11.5. The molecule has 2 heteroatoms. The number of aryl methyl sites for hydroxylation is 1. The summed E-state index contributed by atoms with van der Waals surface area (Å²) in [4.78, 5) is 0. The van der Waals surface area contributed by atoms with Crippen molar-refractivity contribution in [2.24, 2.45) is 0 Å². The molecule has 1 radical (unpaired) electrons. The second kappa shape index (κ2) is 5.39. The summed E-state index contributed by atoms with van der Waals surface area (Å²) in [5.41, 5.74) is 2.32. The Bertz CT molecular complexity index is 478. The molecule has 0 amide bonds. The number of hydrogen-bond acceptors (Lipinski definition) is 2. The van der Waals surface area contributed by atoms with Crippen LogP contribution in [-0.4, -0.2) is 7.11 Å². The molecule has 0 atom stereocenters. The Morgan fingerprint density at radius 3 is 2.76 bits per heavy atom. The molecular weight excluding hydrogens is 212 g/mol. The van der Waals surface area contributed by atoms with Crippen LogP contribution in [0.3, 0.4) is 0 Å². The van der Waals surface area contributed by atoms with Gasteiger partial charge in [0, 0.05) is 6.07 Å². The second-order valence-corrected chi connectivity index (χ2v) is 3.81. The standard InChI is InChI=1S/C15H15O2/c1-12-8-9-15(16-2)10-13(12)11-17-14-6-4-3-5-7-14/h3-6,8-10H,11H2,1-2H3. The third-order valence-corrected chi connectivity index (χ3v) is 2.62. The maximum absolute atomic E-state index is 5.66. The molecule has 0 spiro atoms. The van der Waals surface area contributed by atoms with Gasteiger partial charge in [-0.05, 0) is 36.2 Å². The van der Waals surface area contributed by atoms with Gasteiger partial charge in [-0.3, -0.25) is 0 Å². The van der Waals surface area contributed by atoms with E-state index in [4.69, 9.17) is 9.47 Å². The zero-order valence-electron chi connectivity index (χ0n) is 10.1. The highest BCUT2D eigenvalue weighted by Crippen LogP contribution is 2.19. The van der Waals surface area contributed by atoms with E-state index in [1.54, 1.807) is 7.11 Å². The van der Waals surface area contributed by atoms with E-state index in [1.807, 2.05) is 42.5 Å². The van der Waals surface area contributed by atoms with Gasteiger partial charge in [-0.15, -0.1) is 0 Å². The minimum Gasteiger partial charge on any atom is -0.497 e. The number of para-hydroxylation sites is 1. The first-order valence-electron chi connectivity index (χ1n) is 5.52. The summed E-state index contributed by atoms with van der Waals surface area (Å²) in [5, 5.41) is 0. The van der Waals surface area contributed by atoms with E-state index >= 15 is 0 Å². The Balaban J connectivity index is 2.08. The molecule has 0 aliphatic heterocycles. The predicted molar refractivity (Wildman–Crippen MR) is 67.3 cm³/mol. The number of benzene rings is 2. The average Bonchev–Trinajstić information content (AvgIpc) is 2.39. The van der Waals surface area contributed by atoms with Crippen molar-refractivity contribution < 1.29 is 9.47 Å². The van der Waals surface area contributed by atoms with Crippen molar-refractivity contribution >= 4 is 0 Å². The third-order valence-electron chi connectivity index (χ3n) is 2.62. The van der Waals surface area contributed by atoms with Crippen molar-refractivity contribution in [1.82, 2.24) is 0 Å². The topological polar surface area (TPSA) is 18.5 Å². The van der Waals surface area contributed by atoms with E-state index in [0.717, 1.165) is 17.1 Å². The highest BCUT2D eigenvalue weighted by Gasteiger charge is 2.02. The molecule has 0 saturated carbocycles. The number of methoxy groups -OCH3 is 1. The molecule has 0 unspecified atom stereocenters. The predicted octanol–water partition coefficient (Wildman–Crippen LogP) is 3.38. The zero-order chi connectivity index (χ0) is 12.1. The molecule has 0 N–H and O–H groups in total. The van der Waals surface area contributed by atoms with Crippen LogP contribution in [0.15, 0.2) is 42.5 Å². The van der Waals surface area contributed by atoms with Crippen LogP contribution in [0.1, 0.15) is 11.1 Å². The summed E-state index contributed by atoms with van der Waals surface area (Å²) in [6.45, 7) is 2.59. The van der Waals surface area contributed by atoms with Crippen molar-refractivity contribution in [3.63, 3.8) is 0 Å². The van der Waals surface area contributed by atoms with Gasteiger partial charge in [-0.25, -0.2) is 0 Å². The molecule has 2 nitrogen and oxygen atoms in total. The van der Waals surface area contributed by atoms with E-state index in [2.05, 4.69) is 13.0 Å². The zero-order valence-corrected chi connectivity index (χ0v) is 10.1. The van der Waals surface area contributed by atoms with E-state index in [0.29, 0.717) is 6.61 Å². The van der Waals surface area contributed by atoms with E-state index in [-0.39, 0.29) is 0 Å². The lowest BCUT2D eigenvalue weighted by Crippen LogP contribution is -1.98. The Morgan fingerprint density at radius 1 is 1.18 bits per heavy atom. The molecule has 0 heterocycles. The van der Waals surface area contributed by atoms with E-state index in [9.17, 15) is 0 Å². The highest BCUT2D eigenvalue weighted by atomic mass is 16.5. The fourth-order valence-electron chi connectivity index (χ4n) is 1.55. The van der Waals surface area contributed by atoms with E-state index < -0.39 is 0 Å². The van der Waals surface area contributed by atoms with Gasteiger partial charge in [0.1, 0.15) is 18.1 Å². The van der Waals surface area contributed by atoms with Crippen LogP contribution in [0.25, 0.3) is 0 Å². The minimum atomic E-state index is 0.531. The van der Waals surface area contributed by atoms with E-state index in [1.165, 1.54) is 5.56 Å². The molecule has 0 aliphatic carbocycles. The average molecular weight is 227 g/mol. The second-order valence-electron chi connectivity index (χ2n) is 3.81. The summed E-state index contributed by atoms with van der Waals surface area (Å²) in [6, 6.07) is 16.6. The van der Waals surface area contributed by atoms with Crippen LogP contribution in [0.4, 0.5) is 0 Å². The number of ether oxygens (including phenoxy) is 2.